The Morgan fingerprint density at radius 2 is 1.88 bits per heavy atom. The second-order valence-corrected chi connectivity index (χ2v) is 5.69. The van der Waals surface area contributed by atoms with E-state index < -0.39 is 5.91 Å². The first kappa shape index (κ1) is 15.8. The van der Waals surface area contributed by atoms with Crippen LogP contribution >= 0.6 is 0 Å². The molecular weight excluding hydrogens is 330 g/mol. The van der Waals surface area contributed by atoms with E-state index in [1.807, 2.05) is 48.5 Å². The van der Waals surface area contributed by atoms with Gasteiger partial charge in [0.1, 0.15) is 17.5 Å². The number of fused-ring (bicyclic) bond motifs is 1. The maximum atomic E-state index is 11.6. The van der Waals surface area contributed by atoms with Crippen molar-refractivity contribution in [3.05, 3.63) is 66.4 Å². The molecule has 0 radical (unpaired) electrons. The number of methoxy groups -OCH3 is 1. The van der Waals surface area contributed by atoms with Crippen LogP contribution in [0.4, 0.5) is 0 Å². The Labute approximate surface area is 149 Å². The Bertz CT molecular complexity index is 1100. The molecule has 128 valence electrons. The third-order valence-electron chi connectivity index (χ3n) is 4.07. The van der Waals surface area contributed by atoms with Crippen molar-refractivity contribution in [3.8, 4) is 28.6 Å². The lowest BCUT2D eigenvalue weighted by Crippen LogP contribution is -2.13. The summed E-state index contributed by atoms with van der Waals surface area (Å²) in [7, 11) is 1.45. The third-order valence-corrected chi connectivity index (χ3v) is 4.07. The average Bonchev–Trinajstić information content (AvgIpc) is 3.17. The van der Waals surface area contributed by atoms with Crippen molar-refractivity contribution in [2.45, 2.75) is 0 Å². The predicted octanol–water partition coefficient (Wildman–Crippen LogP) is 3.66. The van der Waals surface area contributed by atoms with Crippen LogP contribution in [0, 0.1) is 0 Å². The number of hydrogen-bond acceptors (Lipinski definition) is 5. The van der Waals surface area contributed by atoms with E-state index in [0.29, 0.717) is 17.1 Å². The zero-order chi connectivity index (χ0) is 18.1. The lowest BCUT2D eigenvalue weighted by Gasteiger charge is -2.08. The summed E-state index contributed by atoms with van der Waals surface area (Å²) >= 11 is 0. The molecule has 0 aliphatic rings. The van der Waals surface area contributed by atoms with Gasteiger partial charge in [0.05, 0.1) is 12.6 Å². The van der Waals surface area contributed by atoms with E-state index in [1.165, 1.54) is 7.11 Å². The van der Waals surface area contributed by atoms with E-state index in [1.54, 1.807) is 12.3 Å². The Balaban J connectivity index is 1.87. The summed E-state index contributed by atoms with van der Waals surface area (Å²) in [5.74, 6) is 0.122. The molecule has 2 aromatic carbocycles. The minimum Gasteiger partial charge on any atom is -0.480 e. The minimum atomic E-state index is -0.588. The second kappa shape index (κ2) is 6.33. The molecule has 4 aromatic rings. The minimum absolute atomic E-state index is 0.184. The number of oxazole rings is 1. The van der Waals surface area contributed by atoms with Crippen LogP contribution in [0.2, 0.25) is 0 Å². The molecule has 0 spiro atoms. The molecule has 6 nitrogen and oxygen atoms in total. The molecule has 0 saturated carbocycles. The molecule has 0 atom stereocenters. The lowest BCUT2D eigenvalue weighted by atomic mass is 10.1. The van der Waals surface area contributed by atoms with Crippen LogP contribution in [0.15, 0.2) is 65.3 Å². The molecule has 1 amide bonds. The Hall–Kier alpha value is -3.67. The van der Waals surface area contributed by atoms with Crippen LogP contribution in [0.3, 0.4) is 0 Å². The number of amides is 1. The van der Waals surface area contributed by atoms with Gasteiger partial charge in [-0.15, -0.1) is 0 Å². The summed E-state index contributed by atoms with van der Waals surface area (Å²) < 4.78 is 10.9. The summed E-state index contributed by atoms with van der Waals surface area (Å²) in [4.78, 5) is 20.7. The van der Waals surface area contributed by atoms with Gasteiger partial charge in [-0.25, -0.2) is 9.97 Å². The first-order chi connectivity index (χ1) is 12.7. The van der Waals surface area contributed by atoms with Gasteiger partial charge in [0, 0.05) is 16.5 Å². The highest BCUT2D eigenvalue weighted by atomic mass is 16.5. The standard InChI is InChI=1S/C20H15N3O3/c1-25-20-15(18(21)24)10-13-8-5-9-14(17(13)23-20)16-11-26-19(22-16)12-6-3-2-4-7-12/h2-11H,1H3,(H2,21,24). The van der Waals surface area contributed by atoms with Crippen LogP contribution in [0.1, 0.15) is 10.4 Å². The molecule has 26 heavy (non-hydrogen) atoms. The number of nitrogens with zero attached hydrogens (tertiary/aromatic N) is 2. The van der Waals surface area contributed by atoms with E-state index >= 15 is 0 Å². The first-order valence-corrected chi connectivity index (χ1v) is 7.96. The van der Waals surface area contributed by atoms with E-state index in [2.05, 4.69) is 9.97 Å². The highest BCUT2D eigenvalue weighted by Crippen LogP contribution is 2.31. The molecule has 0 fully saturated rings. The Morgan fingerprint density at radius 1 is 1.08 bits per heavy atom. The summed E-state index contributed by atoms with van der Waals surface area (Å²) in [5.41, 5.74) is 8.62. The number of primary amides is 1. The van der Waals surface area contributed by atoms with Gasteiger partial charge < -0.3 is 14.9 Å². The molecular formula is C20H15N3O3. The highest BCUT2D eigenvalue weighted by molar-refractivity contribution is 6.01. The van der Waals surface area contributed by atoms with Crippen molar-refractivity contribution >= 4 is 16.8 Å². The molecule has 4 rings (SSSR count). The molecule has 0 saturated heterocycles. The smallest absolute Gasteiger partial charge is 0.254 e. The van der Waals surface area contributed by atoms with Gasteiger partial charge in [-0.05, 0) is 18.2 Å². The van der Waals surface area contributed by atoms with Gasteiger partial charge in [-0.2, -0.15) is 0 Å². The topological polar surface area (TPSA) is 91.2 Å². The fourth-order valence-corrected chi connectivity index (χ4v) is 2.83. The number of pyridine rings is 1. The highest BCUT2D eigenvalue weighted by Gasteiger charge is 2.16. The number of aromatic nitrogens is 2. The van der Waals surface area contributed by atoms with Crippen LogP contribution in [-0.4, -0.2) is 23.0 Å². The van der Waals surface area contributed by atoms with Crippen molar-refractivity contribution in [1.82, 2.24) is 9.97 Å². The number of ether oxygens (including phenoxy) is 1. The zero-order valence-corrected chi connectivity index (χ0v) is 14.0. The summed E-state index contributed by atoms with van der Waals surface area (Å²) in [6, 6.07) is 16.9. The lowest BCUT2D eigenvalue weighted by molar-refractivity contribution is 0.0997. The number of nitrogens with two attached hydrogens (primary N) is 1. The van der Waals surface area contributed by atoms with Crippen LogP contribution in [-0.2, 0) is 0 Å². The SMILES string of the molecule is COc1nc2c(-c3coc(-c4ccccc4)n3)cccc2cc1C(N)=O. The normalized spacial score (nSPS) is 10.8. The van der Waals surface area contributed by atoms with Crippen molar-refractivity contribution in [3.63, 3.8) is 0 Å². The van der Waals surface area contributed by atoms with E-state index in [0.717, 1.165) is 16.5 Å². The molecule has 6 heteroatoms. The van der Waals surface area contributed by atoms with Crippen LogP contribution in [0.25, 0.3) is 33.6 Å². The van der Waals surface area contributed by atoms with Gasteiger partial charge in [0.15, 0.2) is 0 Å². The number of para-hydroxylation sites is 1. The van der Waals surface area contributed by atoms with E-state index in [4.69, 9.17) is 14.9 Å². The average molecular weight is 345 g/mol. The second-order valence-electron chi connectivity index (χ2n) is 5.69. The van der Waals surface area contributed by atoms with Gasteiger partial charge in [0.2, 0.25) is 11.8 Å². The van der Waals surface area contributed by atoms with Crippen molar-refractivity contribution in [1.29, 1.82) is 0 Å². The maximum absolute atomic E-state index is 11.6. The fraction of sp³-hybridized carbons (Fsp3) is 0.0500. The van der Waals surface area contributed by atoms with Gasteiger partial charge in [-0.1, -0.05) is 36.4 Å². The number of carbonyl (C=O) groups excluding carboxylic acids is 1. The van der Waals surface area contributed by atoms with Gasteiger partial charge in [0.25, 0.3) is 5.91 Å². The first-order valence-electron chi connectivity index (χ1n) is 7.96. The number of rotatable bonds is 4. The maximum Gasteiger partial charge on any atom is 0.254 e. The number of carbonyl (C=O) groups is 1. The van der Waals surface area contributed by atoms with E-state index in [-0.39, 0.29) is 11.4 Å². The van der Waals surface area contributed by atoms with Gasteiger partial charge >= 0.3 is 0 Å². The van der Waals surface area contributed by atoms with Crippen molar-refractivity contribution in [2.24, 2.45) is 5.73 Å². The van der Waals surface area contributed by atoms with Crippen molar-refractivity contribution < 1.29 is 13.9 Å². The molecule has 2 N–H and O–H groups in total. The Kier molecular flexibility index (Phi) is 3.85. The number of hydrogen-bond donors (Lipinski definition) is 1. The van der Waals surface area contributed by atoms with Crippen LogP contribution in [0.5, 0.6) is 5.88 Å². The largest absolute Gasteiger partial charge is 0.480 e. The summed E-state index contributed by atoms with van der Waals surface area (Å²) in [6.07, 6.45) is 1.59. The third kappa shape index (κ3) is 2.67. The molecule has 0 aliphatic carbocycles. The molecule has 2 aromatic heterocycles. The predicted molar refractivity (Wildman–Crippen MR) is 97.7 cm³/mol. The quantitative estimate of drug-likeness (QED) is 0.609. The fourth-order valence-electron chi connectivity index (χ4n) is 2.83. The zero-order valence-electron chi connectivity index (χ0n) is 14.0. The number of benzene rings is 2. The summed E-state index contributed by atoms with van der Waals surface area (Å²) in [5, 5.41) is 0.765. The Morgan fingerprint density at radius 3 is 2.62 bits per heavy atom. The molecule has 2 heterocycles. The molecule has 0 aliphatic heterocycles. The monoisotopic (exact) mass is 345 g/mol. The van der Waals surface area contributed by atoms with Crippen molar-refractivity contribution in [2.75, 3.05) is 7.11 Å². The van der Waals surface area contributed by atoms with Gasteiger partial charge in [-0.3, -0.25) is 4.79 Å². The molecule has 0 unspecified atom stereocenters. The summed E-state index contributed by atoms with van der Waals surface area (Å²) in [6.45, 7) is 0. The van der Waals surface area contributed by atoms with Crippen LogP contribution < -0.4 is 10.5 Å². The molecule has 0 bridgehead atoms. The van der Waals surface area contributed by atoms with E-state index in [9.17, 15) is 4.79 Å².